The minimum absolute atomic E-state index is 0.599. The lowest BCUT2D eigenvalue weighted by Gasteiger charge is -2.34. The van der Waals surface area contributed by atoms with Gasteiger partial charge in [-0.25, -0.2) is 15.0 Å². The average Bonchev–Trinajstić information content (AvgIpc) is 3.60. The molecule has 11 rings (SSSR count). The number of hydrogen-bond acceptors (Lipinski definition) is 5. The Kier molecular flexibility index (Phi) is 6.18. The monoisotopic (exact) mass is 664 g/mol. The lowest BCUT2D eigenvalue weighted by molar-refractivity contribution is 0.669. The fraction of sp³-hybridized carbons (Fsp3) is 0. The van der Waals surface area contributed by atoms with E-state index in [1.165, 1.54) is 27.6 Å². The molecule has 52 heavy (non-hydrogen) atoms. The van der Waals surface area contributed by atoms with E-state index >= 15 is 0 Å². The maximum absolute atomic E-state index is 6.26. The minimum Gasteiger partial charge on any atom is -0.456 e. The van der Waals surface area contributed by atoms with Crippen LogP contribution >= 0.6 is 0 Å². The molecule has 0 unspecified atom stereocenters. The van der Waals surface area contributed by atoms with Gasteiger partial charge in [-0.2, -0.15) is 0 Å². The lowest BCUT2D eigenvalue weighted by atomic mass is 9.90. The Hall–Kier alpha value is -7.11. The highest BCUT2D eigenvalue weighted by Gasteiger charge is 2.27. The van der Waals surface area contributed by atoms with Gasteiger partial charge in [0.15, 0.2) is 17.5 Å². The Morgan fingerprint density at radius 3 is 1.85 bits per heavy atom. The van der Waals surface area contributed by atoms with Crippen LogP contribution in [0.2, 0.25) is 0 Å². The van der Waals surface area contributed by atoms with Crippen LogP contribution in [0, 0.1) is 0 Å². The fourth-order valence-corrected chi connectivity index (χ4v) is 8.00. The summed E-state index contributed by atoms with van der Waals surface area (Å²) in [6, 6.07) is 59.2. The molecule has 0 spiro atoms. The molecule has 0 saturated heterocycles. The molecular weight excluding hydrogens is 637 g/mol. The second-order valence-corrected chi connectivity index (χ2v) is 13.2. The standard InChI is InChI=1S/C47H28N4O/c1-2-13-30(14-3-1)45-48-46(50-47(49-45)37-23-12-28-42-44(37)36-18-5-7-27-41(36)52-42)35-22-10-20-32-31(35)19-11-25-39(32)51-38-24-6-4-17-33(38)34-21-8-15-29-16-9-26-40(51)43(29)34/h1-28H. The third kappa shape index (κ3) is 4.26. The van der Waals surface area contributed by atoms with Gasteiger partial charge in [0, 0.05) is 43.8 Å². The second-order valence-electron chi connectivity index (χ2n) is 13.2. The van der Waals surface area contributed by atoms with Crippen LogP contribution < -0.4 is 4.90 Å². The summed E-state index contributed by atoms with van der Waals surface area (Å²) >= 11 is 0. The smallest absolute Gasteiger partial charge is 0.164 e. The number of para-hydroxylation sites is 2. The van der Waals surface area contributed by atoms with Gasteiger partial charge in [-0.05, 0) is 46.7 Å². The first-order chi connectivity index (χ1) is 25.8. The number of fused-ring (bicyclic) bond motifs is 6. The van der Waals surface area contributed by atoms with Gasteiger partial charge in [-0.15, -0.1) is 0 Å². The van der Waals surface area contributed by atoms with Gasteiger partial charge in [0.05, 0.1) is 17.1 Å². The Morgan fingerprint density at radius 1 is 0.346 bits per heavy atom. The van der Waals surface area contributed by atoms with Gasteiger partial charge in [-0.1, -0.05) is 140 Å². The van der Waals surface area contributed by atoms with E-state index in [0.29, 0.717) is 17.5 Å². The molecule has 0 bridgehead atoms. The molecule has 1 aliphatic heterocycles. The minimum atomic E-state index is 0.599. The van der Waals surface area contributed by atoms with Crippen molar-refractivity contribution in [2.45, 2.75) is 0 Å². The van der Waals surface area contributed by atoms with Crippen molar-refractivity contribution < 1.29 is 4.42 Å². The quantitative estimate of drug-likeness (QED) is 0.187. The number of benzene rings is 8. The Labute approximate surface area is 299 Å². The van der Waals surface area contributed by atoms with Crippen LogP contribution in [0.3, 0.4) is 0 Å². The van der Waals surface area contributed by atoms with Gasteiger partial charge in [0.2, 0.25) is 0 Å². The summed E-state index contributed by atoms with van der Waals surface area (Å²) in [6.07, 6.45) is 0. The van der Waals surface area contributed by atoms with Gasteiger partial charge >= 0.3 is 0 Å². The van der Waals surface area contributed by atoms with E-state index in [1.54, 1.807) is 0 Å². The highest BCUT2D eigenvalue weighted by atomic mass is 16.3. The normalized spacial score (nSPS) is 12.2. The number of rotatable bonds is 4. The average molecular weight is 665 g/mol. The maximum Gasteiger partial charge on any atom is 0.164 e. The zero-order chi connectivity index (χ0) is 34.2. The van der Waals surface area contributed by atoms with Crippen LogP contribution in [0.1, 0.15) is 0 Å². The molecule has 0 amide bonds. The first kappa shape index (κ1) is 28.7. The zero-order valence-corrected chi connectivity index (χ0v) is 27.9. The third-order valence-electron chi connectivity index (χ3n) is 10.3. The molecule has 0 N–H and O–H groups in total. The van der Waals surface area contributed by atoms with Gasteiger partial charge in [-0.3, -0.25) is 0 Å². The molecule has 8 aromatic carbocycles. The highest BCUT2D eigenvalue weighted by Crippen LogP contribution is 2.52. The molecule has 0 fully saturated rings. The van der Waals surface area contributed by atoms with Crippen molar-refractivity contribution in [3.63, 3.8) is 0 Å². The van der Waals surface area contributed by atoms with Gasteiger partial charge in [0.25, 0.3) is 0 Å². The van der Waals surface area contributed by atoms with Crippen LogP contribution in [-0.4, -0.2) is 15.0 Å². The van der Waals surface area contributed by atoms with Crippen LogP contribution in [0.5, 0.6) is 0 Å². The van der Waals surface area contributed by atoms with Crippen molar-refractivity contribution in [1.82, 2.24) is 15.0 Å². The predicted molar refractivity (Wildman–Crippen MR) is 212 cm³/mol. The first-order valence-electron chi connectivity index (χ1n) is 17.5. The molecule has 5 nitrogen and oxygen atoms in total. The van der Waals surface area contributed by atoms with Crippen molar-refractivity contribution in [2.24, 2.45) is 0 Å². The summed E-state index contributed by atoms with van der Waals surface area (Å²) in [5, 5.41) is 6.68. The summed E-state index contributed by atoms with van der Waals surface area (Å²) in [7, 11) is 0. The van der Waals surface area contributed by atoms with Crippen LogP contribution in [0.25, 0.3) is 88.8 Å². The molecule has 0 atom stereocenters. The molecule has 5 heteroatoms. The van der Waals surface area contributed by atoms with E-state index in [4.69, 9.17) is 19.4 Å². The number of furan rings is 1. The Bertz CT molecular complexity index is 3030. The summed E-state index contributed by atoms with van der Waals surface area (Å²) in [5.41, 5.74) is 10.3. The third-order valence-corrected chi connectivity index (χ3v) is 10.3. The predicted octanol–water partition coefficient (Wildman–Crippen LogP) is 12.5. The van der Waals surface area contributed by atoms with E-state index in [0.717, 1.165) is 60.8 Å². The van der Waals surface area contributed by atoms with Gasteiger partial charge < -0.3 is 9.32 Å². The SMILES string of the molecule is c1ccc(-c2nc(-c3cccc4c(N5c6ccccc6-c6cccc7cccc5c67)cccc34)nc(-c3cccc4oc5ccccc5c34)n2)cc1. The van der Waals surface area contributed by atoms with Crippen LogP contribution in [-0.2, 0) is 0 Å². The lowest BCUT2D eigenvalue weighted by Crippen LogP contribution is -2.15. The topological polar surface area (TPSA) is 55.1 Å². The molecule has 1 aliphatic rings. The summed E-state index contributed by atoms with van der Waals surface area (Å²) in [5.74, 6) is 1.83. The van der Waals surface area contributed by atoms with Crippen molar-refractivity contribution in [3.8, 4) is 45.3 Å². The first-order valence-corrected chi connectivity index (χ1v) is 17.5. The van der Waals surface area contributed by atoms with E-state index < -0.39 is 0 Å². The molecule has 10 aromatic rings. The molecule has 2 aromatic heterocycles. The van der Waals surface area contributed by atoms with Gasteiger partial charge in [0.1, 0.15) is 11.2 Å². The van der Waals surface area contributed by atoms with E-state index in [2.05, 4.69) is 114 Å². The zero-order valence-electron chi connectivity index (χ0n) is 27.9. The summed E-state index contributed by atoms with van der Waals surface area (Å²) in [4.78, 5) is 17.9. The van der Waals surface area contributed by atoms with Crippen molar-refractivity contribution in [3.05, 3.63) is 170 Å². The summed E-state index contributed by atoms with van der Waals surface area (Å²) < 4.78 is 6.26. The van der Waals surface area contributed by atoms with Crippen molar-refractivity contribution in [2.75, 3.05) is 4.90 Å². The molecular formula is C47H28N4O. The highest BCUT2D eigenvalue weighted by molar-refractivity contribution is 6.16. The van der Waals surface area contributed by atoms with Crippen molar-refractivity contribution >= 4 is 60.5 Å². The van der Waals surface area contributed by atoms with Crippen molar-refractivity contribution in [1.29, 1.82) is 0 Å². The van der Waals surface area contributed by atoms with Crippen LogP contribution in [0.15, 0.2) is 174 Å². The molecule has 0 aliphatic carbocycles. The second kappa shape index (κ2) is 11.2. The largest absolute Gasteiger partial charge is 0.456 e. The number of aromatic nitrogens is 3. The van der Waals surface area contributed by atoms with E-state index in [1.807, 2.05) is 60.7 Å². The fourth-order valence-electron chi connectivity index (χ4n) is 8.00. The van der Waals surface area contributed by atoms with E-state index in [-0.39, 0.29) is 0 Å². The van der Waals surface area contributed by atoms with Crippen LogP contribution in [0.4, 0.5) is 17.1 Å². The molecule has 242 valence electrons. The van der Waals surface area contributed by atoms with E-state index in [9.17, 15) is 0 Å². The molecule has 3 heterocycles. The summed E-state index contributed by atoms with van der Waals surface area (Å²) in [6.45, 7) is 0. The Balaban J connectivity index is 1.16. The molecule has 0 radical (unpaired) electrons. The maximum atomic E-state index is 6.26. The number of nitrogens with zero attached hydrogens (tertiary/aromatic N) is 4. The molecule has 0 saturated carbocycles. The Morgan fingerprint density at radius 2 is 0.923 bits per heavy atom. The number of hydrogen-bond donors (Lipinski definition) is 0. The number of anilines is 3.